The van der Waals surface area contributed by atoms with Gasteiger partial charge in [-0.2, -0.15) is 0 Å². The molecule has 5 rings (SSSR count). The van der Waals surface area contributed by atoms with E-state index in [2.05, 4.69) is 21.3 Å². The van der Waals surface area contributed by atoms with Gasteiger partial charge >= 0.3 is 0 Å². The fraction of sp³-hybridized carbons (Fsp3) is 0.464. The van der Waals surface area contributed by atoms with Crippen molar-refractivity contribution in [3.8, 4) is 5.75 Å². The highest BCUT2D eigenvalue weighted by molar-refractivity contribution is 7.99. The van der Waals surface area contributed by atoms with Crippen LogP contribution in [0.2, 0.25) is 0 Å². The summed E-state index contributed by atoms with van der Waals surface area (Å²) in [6.07, 6.45) is 9.48. The SMILES string of the molecule is COc1ccc2[nH]cc(CCNC(=O)c3ccccc3SC[C@@H]3CCCN4CCCC[C@H]34)c2c1. The summed E-state index contributed by atoms with van der Waals surface area (Å²) in [6.45, 7) is 3.14. The third-order valence-electron chi connectivity index (χ3n) is 7.47. The van der Waals surface area contributed by atoms with Crippen molar-refractivity contribution in [2.45, 2.75) is 49.5 Å². The molecule has 0 spiro atoms. The number of thioether (sulfide) groups is 1. The second-order valence-corrected chi connectivity index (χ2v) is 10.6. The van der Waals surface area contributed by atoms with Crippen molar-refractivity contribution in [3.05, 3.63) is 59.8 Å². The first kappa shape index (κ1) is 23.3. The molecule has 180 valence electrons. The number of carbonyl (C=O) groups excluding carboxylic acids is 1. The quantitative estimate of drug-likeness (QED) is 0.420. The molecule has 6 heteroatoms. The number of hydrogen-bond acceptors (Lipinski definition) is 4. The number of nitrogens with zero attached hydrogens (tertiary/aromatic N) is 1. The third-order valence-corrected chi connectivity index (χ3v) is 8.73. The molecule has 34 heavy (non-hydrogen) atoms. The Morgan fingerprint density at radius 2 is 2.03 bits per heavy atom. The van der Waals surface area contributed by atoms with Gasteiger partial charge in [-0.1, -0.05) is 18.6 Å². The normalized spacial score (nSPS) is 20.7. The first-order valence-electron chi connectivity index (χ1n) is 12.6. The molecule has 0 saturated carbocycles. The molecule has 2 aliphatic rings. The topological polar surface area (TPSA) is 57.4 Å². The molecule has 5 nitrogen and oxygen atoms in total. The number of fused-ring (bicyclic) bond motifs is 2. The lowest BCUT2D eigenvalue weighted by Crippen LogP contribution is -2.48. The fourth-order valence-corrected chi connectivity index (χ4v) is 6.92. The van der Waals surface area contributed by atoms with E-state index in [9.17, 15) is 4.79 Å². The van der Waals surface area contributed by atoms with Crippen molar-refractivity contribution in [3.63, 3.8) is 0 Å². The van der Waals surface area contributed by atoms with Crippen LogP contribution >= 0.6 is 11.8 Å². The van der Waals surface area contributed by atoms with Crippen molar-refractivity contribution >= 4 is 28.6 Å². The summed E-state index contributed by atoms with van der Waals surface area (Å²) in [5.41, 5.74) is 3.07. The van der Waals surface area contributed by atoms with Crippen molar-refractivity contribution in [2.75, 3.05) is 32.5 Å². The lowest BCUT2D eigenvalue weighted by molar-refractivity contribution is 0.0693. The largest absolute Gasteiger partial charge is 0.497 e. The van der Waals surface area contributed by atoms with Gasteiger partial charge < -0.3 is 19.9 Å². The van der Waals surface area contributed by atoms with E-state index < -0.39 is 0 Å². The van der Waals surface area contributed by atoms with Crippen LogP contribution < -0.4 is 10.1 Å². The number of nitrogens with one attached hydrogen (secondary N) is 2. The molecule has 2 aliphatic heterocycles. The summed E-state index contributed by atoms with van der Waals surface area (Å²) in [6, 6.07) is 14.9. The van der Waals surface area contributed by atoms with Crippen molar-refractivity contribution in [1.82, 2.24) is 15.2 Å². The molecule has 0 bridgehead atoms. The summed E-state index contributed by atoms with van der Waals surface area (Å²) >= 11 is 1.87. The highest BCUT2D eigenvalue weighted by Crippen LogP contribution is 2.35. The van der Waals surface area contributed by atoms with E-state index in [4.69, 9.17) is 4.74 Å². The molecule has 2 saturated heterocycles. The molecule has 3 heterocycles. The van der Waals surface area contributed by atoms with Gasteiger partial charge in [0, 0.05) is 40.3 Å². The van der Waals surface area contributed by atoms with Crippen molar-refractivity contribution in [1.29, 1.82) is 0 Å². The Labute approximate surface area is 206 Å². The molecule has 0 aliphatic carbocycles. The average molecular weight is 478 g/mol. The number of ether oxygens (including phenoxy) is 1. The van der Waals surface area contributed by atoms with Crippen LogP contribution in [0.4, 0.5) is 0 Å². The Morgan fingerprint density at radius 3 is 2.94 bits per heavy atom. The smallest absolute Gasteiger partial charge is 0.252 e. The number of rotatable bonds is 8. The van der Waals surface area contributed by atoms with Gasteiger partial charge in [0.25, 0.3) is 5.91 Å². The predicted molar refractivity (Wildman–Crippen MR) is 140 cm³/mol. The van der Waals surface area contributed by atoms with Crippen LogP contribution in [-0.4, -0.2) is 54.3 Å². The minimum absolute atomic E-state index is 0.0171. The zero-order valence-electron chi connectivity index (χ0n) is 20.0. The van der Waals surface area contributed by atoms with E-state index in [-0.39, 0.29) is 5.91 Å². The fourth-order valence-electron chi connectivity index (χ4n) is 5.65. The summed E-state index contributed by atoms with van der Waals surface area (Å²) in [5.74, 6) is 2.69. The number of hydrogen-bond donors (Lipinski definition) is 2. The summed E-state index contributed by atoms with van der Waals surface area (Å²) in [7, 11) is 1.68. The molecule has 1 amide bonds. The second kappa shape index (κ2) is 10.9. The van der Waals surface area contributed by atoms with Gasteiger partial charge in [-0.05, 0) is 87.0 Å². The Balaban J connectivity index is 1.19. The number of aromatic amines is 1. The lowest BCUT2D eigenvalue weighted by atomic mass is 9.85. The van der Waals surface area contributed by atoms with Gasteiger partial charge in [-0.3, -0.25) is 4.79 Å². The monoisotopic (exact) mass is 477 g/mol. The van der Waals surface area contributed by atoms with Crippen molar-refractivity contribution < 1.29 is 9.53 Å². The molecule has 1 aromatic heterocycles. The summed E-state index contributed by atoms with van der Waals surface area (Å²) in [4.78, 5) is 20.2. The van der Waals surface area contributed by atoms with Crippen molar-refractivity contribution in [2.24, 2.45) is 5.92 Å². The zero-order valence-corrected chi connectivity index (χ0v) is 20.8. The van der Waals surface area contributed by atoms with Gasteiger partial charge in [-0.15, -0.1) is 11.8 Å². The van der Waals surface area contributed by atoms with E-state index in [1.165, 1.54) is 50.8 Å². The number of piperidine rings is 2. The Hall–Kier alpha value is -2.44. The molecule has 2 aromatic carbocycles. The molecule has 3 aromatic rings. The summed E-state index contributed by atoms with van der Waals surface area (Å²) < 4.78 is 5.37. The standard InChI is InChI=1S/C28H35N3O2S/c1-33-22-11-12-25-24(17-22)20(18-30-25)13-14-29-28(32)23-8-2-3-10-27(23)34-19-21-7-6-16-31-15-5-4-9-26(21)31/h2-3,8,10-12,17-18,21,26,30H,4-7,9,13-16,19H2,1H3,(H,29,32)/t21-,26+/m0/s1. The van der Waals surface area contributed by atoms with Gasteiger partial charge in [-0.25, -0.2) is 0 Å². The number of amides is 1. The average Bonchev–Trinajstić information content (AvgIpc) is 3.29. The number of carbonyl (C=O) groups is 1. The minimum Gasteiger partial charge on any atom is -0.497 e. The van der Waals surface area contributed by atoms with E-state index in [0.717, 1.165) is 51.2 Å². The number of H-pyrrole nitrogens is 1. The molecule has 2 fully saturated rings. The van der Waals surface area contributed by atoms with E-state index in [0.29, 0.717) is 6.54 Å². The van der Waals surface area contributed by atoms with Gasteiger partial charge in [0.15, 0.2) is 0 Å². The maximum Gasteiger partial charge on any atom is 0.252 e. The highest BCUT2D eigenvalue weighted by atomic mass is 32.2. The van der Waals surface area contributed by atoms with Crippen LogP contribution in [0, 0.1) is 5.92 Å². The van der Waals surface area contributed by atoms with E-state index >= 15 is 0 Å². The second-order valence-electron chi connectivity index (χ2n) is 9.54. The number of aromatic nitrogens is 1. The summed E-state index contributed by atoms with van der Waals surface area (Å²) in [5, 5.41) is 4.30. The Bertz CT molecular complexity index is 1130. The van der Waals surface area contributed by atoms with Gasteiger partial charge in [0.05, 0.1) is 12.7 Å². The first-order chi connectivity index (χ1) is 16.7. The molecule has 0 unspecified atom stereocenters. The number of benzene rings is 2. The third kappa shape index (κ3) is 5.13. The molecule has 2 N–H and O–H groups in total. The minimum atomic E-state index is 0.0171. The lowest BCUT2D eigenvalue weighted by Gasteiger charge is -2.44. The Morgan fingerprint density at radius 1 is 1.15 bits per heavy atom. The van der Waals surface area contributed by atoms with Gasteiger partial charge in [0.1, 0.15) is 5.75 Å². The molecular formula is C28H35N3O2S. The first-order valence-corrected chi connectivity index (χ1v) is 13.6. The molecule has 2 atom stereocenters. The van der Waals surface area contributed by atoms with Crippen LogP contribution in [0.3, 0.4) is 0 Å². The van der Waals surface area contributed by atoms with Crippen LogP contribution in [0.5, 0.6) is 5.75 Å². The van der Waals surface area contributed by atoms with Crippen LogP contribution in [0.1, 0.15) is 48.0 Å². The van der Waals surface area contributed by atoms with E-state index in [1.807, 2.05) is 54.4 Å². The Kier molecular flexibility index (Phi) is 7.45. The van der Waals surface area contributed by atoms with Gasteiger partial charge in [0.2, 0.25) is 0 Å². The molecule has 0 radical (unpaired) electrons. The van der Waals surface area contributed by atoms with Crippen LogP contribution in [0.25, 0.3) is 10.9 Å². The highest BCUT2D eigenvalue weighted by Gasteiger charge is 2.33. The molecular weight excluding hydrogens is 442 g/mol. The zero-order chi connectivity index (χ0) is 23.3. The maximum absolute atomic E-state index is 13.1. The van der Waals surface area contributed by atoms with Crippen LogP contribution in [-0.2, 0) is 6.42 Å². The number of methoxy groups -OCH3 is 1. The van der Waals surface area contributed by atoms with Crippen LogP contribution in [0.15, 0.2) is 53.6 Å². The predicted octanol–water partition coefficient (Wildman–Crippen LogP) is 5.51. The van der Waals surface area contributed by atoms with E-state index in [1.54, 1.807) is 7.11 Å². The maximum atomic E-state index is 13.1.